The second-order valence-corrected chi connectivity index (χ2v) is 12.2. The van der Waals surface area contributed by atoms with Gasteiger partial charge in [0.25, 0.3) is 5.91 Å². The molecule has 10 heteroatoms. The van der Waals surface area contributed by atoms with Gasteiger partial charge in [-0.05, 0) is 67.1 Å². The molecule has 3 aromatic carbocycles. The molecule has 1 N–H and O–H groups in total. The first-order chi connectivity index (χ1) is 20.1. The zero-order valence-electron chi connectivity index (χ0n) is 24.0. The minimum Gasteiger partial charge on any atom is -0.497 e. The lowest BCUT2D eigenvalue weighted by Gasteiger charge is -2.17. The third-order valence-electron chi connectivity index (χ3n) is 6.37. The Morgan fingerprint density at radius 1 is 0.952 bits per heavy atom. The van der Waals surface area contributed by atoms with Gasteiger partial charge < -0.3 is 14.2 Å². The molecule has 0 aliphatic heterocycles. The summed E-state index contributed by atoms with van der Waals surface area (Å²) in [5, 5.41) is 4.08. The fourth-order valence-corrected chi connectivity index (χ4v) is 5.60. The summed E-state index contributed by atoms with van der Waals surface area (Å²) in [6.45, 7) is 8.06. The predicted octanol–water partition coefficient (Wildman–Crippen LogP) is 7.83. The maximum Gasteiger partial charge on any atom is 0.266 e. The molecule has 0 unspecified atom stereocenters. The number of anilines is 1. The quantitative estimate of drug-likeness (QED) is 0.184. The molecule has 0 saturated heterocycles. The van der Waals surface area contributed by atoms with Crippen molar-refractivity contribution in [1.29, 1.82) is 0 Å². The molecular weight excluding hydrogens is 572 g/mol. The van der Waals surface area contributed by atoms with Gasteiger partial charge in [-0.1, -0.05) is 44.5 Å². The van der Waals surface area contributed by atoms with Gasteiger partial charge in [0.2, 0.25) is 5.88 Å². The molecule has 0 bridgehead atoms. The van der Waals surface area contributed by atoms with E-state index in [0.29, 0.717) is 45.0 Å². The minimum absolute atomic E-state index is 0.181. The maximum absolute atomic E-state index is 13.0. The Kier molecular flexibility index (Phi) is 8.61. The lowest BCUT2D eigenvalue weighted by atomic mass is 9.90. The molecular formula is C32H31ClN4O4S. The van der Waals surface area contributed by atoms with E-state index in [4.69, 9.17) is 30.8 Å². The molecule has 42 heavy (non-hydrogen) atoms. The SMILES string of the molecule is COc1ccc(Cc2sc(NC(=O)[C@@H](C)Oc3ccc(Oc4cnc5cc(Cl)ccc5n4)cc3)nc2C(C)(C)C)cc1. The number of benzene rings is 3. The number of rotatable bonds is 9. The number of methoxy groups -OCH3 is 1. The van der Waals surface area contributed by atoms with E-state index in [1.165, 1.54) is 11.3 Å². The lowest BCUT2D eigenvalue weighted by Crippen LogP contribution is -2.30. The predicted molar refractivity (Wildman–Crippen MR) is 166 cm³/mol. The normalized spacial score (nSPS) is 12.1. The van der Waals surface area contributed by atoms with E-state index in [-0.39, 0.29) is 11.3 Å². The molecule has 8 nitrogen and oxygen atoms in total. The number of nitrogens with one attached hydrogen (secondary N) is 1. The molecule has 0 aliphatic rings. The van der Waals surface area contributed by atoms with Crippen molar-refractivity contribution in [2.75, 3.05) is 12.4 Å². The minimum atomic E-state index is -0.748. The molecule has 0 spiro atoms. The highest BCUT2D eigenvalue weighted by atomic mass is 35.5. The number of ether oxygens (including phenoxy) is 3. The van der Waals surface area contributed by atoms with Crippen molar-refractivity contribution in [1.82, 2.24) is 15.0 Å². The van der Waals surface area contributed by atoms with Crippen LogP contribution in [0, 0.1) is 0 Å². The molecule has 1 amide bonds. The standard InChI is InChI=1S/C32H31ClN4O4S/c1-19(40-23-11-13-24(14-12-23)41-28-18-34-26-17-21(33)8-15-25(26)35-28)30(38)37-31-36-29(32(2,3)4)27(42-31)16-20-6-9-22(39-5)10-7-20/h6-15,17-19H,16H2,1-5H3,(H,36,37,38)/t19-/m1/s1. The molecule has 5 aromatic rings. The third kappa shape index (κ3) is 7.16. The van der Waals surface area contributed by atoms with Gasteiger partial charge in [0, 0.05) is 21.7 Å². The number of carbonyl (C=O) groups excluding carboxylic acids is 1. The van der Waals surface area contributed by atoms with Gasteiger partial charge in [0.1, 0.15) is 17.2 Å². The summed E-state index contributed by atoms with van der Waals surface area (Å²) in [5.41, 5.74) is 3.29. The Labute approximate surface area is 253 Å². The van der Waals surface area contributed by atoms with Crippen LogP contribution in [-0.2, 0) is 16.6 Å². The van der Waals surface area contributed by atoms with E-state index in [1.54, 1.807) is 62.7 Å². The number of nitrogens with zero attached hydrogens (tertiary/aromatic N) is 3. The Bertz CT molecular complexity index is 1700. The van der Waals surface area contributed by atoms with Gasteiger partial charge in [0.15, 0.2) is 11.2 Å². The highest BCUT2D eigenvalue weighted by Gasteiger charge is 2.25. The van der Waals surface area contributed by atoms with Crippen LogP contribution in [0.25, 0.3) is 11.0 Å². The smallest absolute Gasteiger partial charge is 0.266 e. The van der Waals surface area contributed by atoms with Crippen LogP contribution < -0.4 is 19.5 Å². The van der Waals surface area contributed by atoms with Crippen LogP contribution >= 0.6 is 22.9 Å². The summed E-state index contributed by atoms with van der Waals surface area (Å²) in [5.74, 6) is 1.97. The molecule has 2 aromatic heterocycles. The first-order valence-corrected chi connectivity index (χ1v) is 14.6. The molecule has 0 aliphatic carbocycles. The molecule has 5 rings (SSSR count). The fraction of sp³-hybridized carbons (Fsp3) is 0.250. The second-order valence-electron chi connectivity index (χ2n) is 10.7. The largest absolute Gasteiger partial charge is 0.497 e. The van der Waals surface area contributed by atoms with Gasteiger partial charge in [-0.2, -0.15) is 0 Å². The maximum atomic E-state index is 13.0. The lowest BCUT2D eigenvalue weighted by molar-refractivity contribution is -0.122. The Morgan fingerprint density at radius 2 is 1.64 bits per heavy atom. The highest BCUT2D eigenvalue weighted by Crippen LogP contribution is 2.34. The molecule has 0 fully saturated rings. The number of halogens is 1. The van der Waals surface area contributed by atoms with Crippen LogP contribution in [0.2, 0.25) is 5.02 Å². The number of amides is 1. The van der Waals surface area contributed by atoms with Crippen molar-refractivity contribution in [3.63, 3.8) is 0 Å². The van der Waals surface area contributed by atoms with Crippen molar-refractivity contribution in [3.8, 4) is 23.1 Å². The van der Waals surface area contributed by atoms with Crippen LogP contribution in [0.3, 0.4) is 0 Å². The van der Waals surface area contributed by atoms with Crippen molar-refractivity contribution < 1.29 is 19.0 Å². The number of aromatic nitrogens is 3. The fourth-order valence-electron chi connectivity index (χ4n) is 4.23. The number of fused-ring (bicyclic) bond motifs is 1. The average Bonchev–Trinajstić information content (AvgIpc) is 3.37. The summed E-state index contributed by atoms with van der Waals surface area (Å²) in [6, 6.07) is 20.2. The van der Waals surface area contributed by atoms with Gasteiger partial charge >= 0.3 is 0 Å². The van der Waals surface area contributed by atoms with Crippen molar-refractivity contribution in [2.24, 2.45) is 0 Å². The number of hydrogen-bond acceptors (Lipinski definition) is 8. The second kappa shape index (κ2) is 12.3. The first kappa shape index (κ1) is 29.3. The zero-order chi connectivity index (χ0) is 29.9. The number of hydrogen-bond donors (Lipinski definition) is 1. The Morgan fingerprint density at radius 3 is 2.33 bits per heavy atom. The van der Waals surface area contributed by atoms with Crippen LogP contribution in [-0.4, -0.2) is 34.1 Å². The van der Waals surface area contributed by atoms with E-state index < -0.39 is 6.10 Å². The van der Waals surface area contributed by atoms with Crippen LogP contribution in [0.4, 0.5) is 5.13 Å². The van der Waals surface area contributed by atoms with E-state index in [0.717, 1.165) is 21.9 Å². The van der Waals surface area contributed by atoms with Crippen LogP contribution in [0.1, 0.15) is 43.8 Å². The number of carbonyl (C=O) groups is 1. The highest BCUT2D eigenvalue weighted by molar-refractivity contribution is 7.15. The van der Waals surface area contributed by atoms with Crippen LogP contribution in [0.15, 0.2) is 72.9 Å². The summed E-state index contributed by atoms with van der Waals surface area (Å²) in [4.78, 5) is 27.7. The van der Waals surface area contributed by atoms with Gasteiger partial charge in [-0.25, -0.2) is 15.0 Å². The van der Waals surface area contributed by atoms with E-state index in [1.807, 2.05) is 24.3 Å². The Hall–Kier alpha value is -4.21. The molecule has 1 atom stereocenters. The van der Waals surface area contributed by atoms with Gasteiger partial charge in [0.05, 0.1) is 30.0 Å². The summed E-state index contributed by atoms with van der Waals surface area (Å²) < 4.78 is 17.0. The van der Waals surface area contributed by atoms with Gasteiger partial charge in [-0.15, -0.1) is 11.3 Å². The average molecular weight is 603 g/mol. The number of thiazole rings is 1. The van der Waals surface area contributed by atoms with Crippen molar-refractivity contribution >= 4 is 45.0 Å². The van der Waals surface area contributed by atoms with E-state index in [9.17, 15) is 4.79 Å². The van der Waals surface area contributed by atoms with Crippen LogP contribution in [0.5, 0.6) is 23.1 Å². The Balaban J connectivity index is 1.21. The zero-order valence-corrected chi connectivity index (χ0v) is 25.5. The molecule has 0 radical (unpaired) electrons. The molecule has 216 valence electrons. The summed E-state index contributed by atoms with van der Waals surface area (Å²) in [7, 11) is 1.65. The topological polar surface area (TPSA) is 95.5 Å². The van der Waals surface area contributed by atoms with Gasteiger partial charge in [-0.3, -0.25) is 10.1 Å². The summed E-state index contributed by atoms with van der Waals surface area (Å²) >= 11 is 7.50. The summed E-state index contributed by atoms with van der Waals surface area (Å²) in [6.07, 6.45) is 1.51. The monoisotopic (exact) mass is 602 g/mol. The van der Waals surface area contributed by atoms with Crippen molar-refractivity contribution in [2.45, 2.75) is 45.6 Å². The van der Waals surface area contributed by atoms with E-state index >= 15 is 0 Å². The van der Waals surface area contributed by atoms with E-state index in [2.05, 4.69) is 36.1 Å². The first-order valence-electron chi connectivity index (χ1n) is 13.4. The molecule has 0 saturated carbocycles. The van der Waals surface area contributed by atoms with Crippen molar-refractivity contribution in [3.05, 3.63) is 94.1 Å². The molecule has 2 heterocycles. The third-order valence-corrected chi connectivity index (χ3v) is 7.58.